The molecule has 184 valence electrons. The molecule has 35 heavy (non-hydrogen) atoms. The summed E-state index contributed by atoms with van der Waals surface area (Å²) < 4.78 is 42.6. The fraction of sp³-hybridized carbons (Fsp3) is 0.333. The summed E-state index contributed by atoms with van der Waals surface area (Å²) in [7, 11) is 0. The van der Waals surface area contributed by atoms with Crippen LogP contribution in [0.5, 0.6) is 0 Å². The Kier molecular flexibility index (Phi) is 6.37. The minimum Gasteiger partial charge on any atom is -0.390 e. The number of anilines is 1. The number of hydrogen-bond acceptors (Lipinski definition) is 5. The summed E-state index contributed by atoms with van der Waals surface area (Å²) in [6, 6.07) is 8.44. The predicted octanol–water partition coefficient (Wildman–Crippen LogP) is 4.75. The quantitative estimate of drug-likeness (QED) is 0.393. The number of benzene rings is 1. The molecule has 0 spiro atoms. The molecule has 4 aromatic rings. The van der Waals surface area contributed by atoms with Crippen LogP contribution in [0.2, 0.25) is 0 Å². The molecule has 4 rings (SSSR count). The Hall–Kier alpha value is -3.73. The van der Waals surface area contributed by atoms with Gasteiger partial charge < -0.3 is 10.4 Å². The number of aromatic nitrogens is 5. The van der Waals surface area contributed by atoms with Gasteiger partial charge >= 0.3 is 6.18 Å². The van der Waals surface area contributed by atoms with Gasteiger partial charge in [0.1, 0.15) is 11.4 Å². The zero-order valence-corrected chi connectivity index (χ0v) is 19.5. The number of aliphatic hydroxyl groups is 1. The number of nitrogens with one attached hydrogen (secondary N) is 1. The Balaban J connectivity index is 1.73. The van der Waals surface area contributed by atoms with Gasteiger partial charge in [-0.1, -0.05) is 6.07 Å². The maximum atomic E-state index is 13.1. The zero-order valence-electron chi connectivity index (χ0n) is 19.5. The van der Waals surface area contributed by atoms with Crippen LogP contribution >= 0.6 is 0 Å². The highest BCUT2D eigenvalue weighted by Crippen LogP contribution is 2.32. The molecule has 1 amide bonds. The van der Waals surface area contributed by atoms with Crippen LogP contribution < -0.4 is 5.32 Å². The molecule has 0 saturated carbocycles. The Morgan fingerprint density at radius 1 is 1.11 bits per heavy atom. The van der Waals surface area contributed by atoms with Crippen molar-refractivity contribution in [2.75, 3.05) is 5.32 Å². The monoisotopic (exact) mass is 486 g/mol. The minimum atomic E-state index is -4.66. The summed E-state index contributed by atoms with van der Waals surface area (Å²) in [6.45, 7) is 6.49. The van der Waals surface area contributed by atoms with Gasteiger partial charge in [-0.05, 0) is 57.5 Å². The van der Waals surface area contributed by atoms with Gasteiger partial charge in [-0.15, -0.1) is 0 Å². The van der Waals surface area contributed by atoms with Crippen LogP contribution in [0.25, 0.3) is 22.2 Å². The van der Waals surface area contributed by atoms with Crippen LogP contribution in [0.3, 0.4) is 0 Å². The van der Waals surface area contributed by atoms with Crippen molar-refractivity contribution in [2.24, 2.45) is 0 Å². The summed E-state index contributed by atoms with van der Waals surface area (Å²) in [5.74, 6) is -0.777. The van der Waals surface area contributed by atoms with Crippen LogP contribution in [0, 0.1) is 0 Å². The van der Waals surface area contributed by atoms with Crippen molar-refractivity contribution in [1.82, 2.24) is 24.5 Å². The molecular weight excluding hydrogens is 461 g/mol. The molecule has 0 aliphatic carbocycles. The van der Waals surface area contributed by atoms with Gasteiger partial charge in [0.25, 0.3) is 5.91 Å². The van der Waals surface area contributed by atoms with Crippen molar-refractivity contribution in [3.05, 3.63) is 60.2 Å². The van der Waals surface area contributed by atoms with Gasteiger partial charge in [-0.3, -0.25) is 14.2 Å². The van der Waals surface area contributed by atoms with Crippen molar-refractivity contribution in [3.63, 3.8) is 0 Å². The number of rotatable bonds is 7. The molecule has 0 saturated heterocycles. The van der Waals surface area contributed by atoms with E-state index in [1.165, 1.54) is 6.07 Å². The van der Waals surface area contributed by atoms with E-state index in [1.807, 2.05) is 6.92 Å². The van der Waals surface area contributed by atoms with Gasteiger partial charge in [0.2, 0.25) is 0 Å². The summed E-state index contributed by atoms with van der Waals surface area (Å²) in [5.41, 5.74) is -0.193. The average molecular weight is 486 g/mol. The predicted molar refractivity (Wildman–Crippen MR) is 125 cm³/mol. The Labute approximate surface area is 199 Å². The Bertz CT molecular complexity index is 1370. The third kappa shape index (κ3) is 5.68. The number of alkyl halides is 3. The van der Waals surface area contributed by atoms with Crippen LogP contribution in [0.1, 0.15) is 43.4 Å². The molecule has 8 nitrogen and oxygen atoms in total. The molecule has 0 fully saturated rings. The number of carbonyl (C=O) groups excluding carboxylic acids is 1. The molecule has 11 heteroatoms. The lowest BCUT2D eigenvalue weighted by atomic mass is 10.1. The van der Waals surface area contributed by atoms with Crippen LogP contribution in [-0.2, 0) is 19.3 Å². The molecule has 0 aliphatic rings. The van der Waals surface area contributed by atoms with E-state index < -0.39 is 23.4 Å². The number of fused-ring (bicyclic) bond motifs is 1. The first kappa shape index (κ1) is 24.4. The van der Waals surface area contributed by atoms with Crippen molar-refractivity contribution >= 4 is 22.5 Å². The summed E-state index contributed by atoms with van der Waals surface area (Å²) in [5, 5.41) is 22.5. The second-order valence-corrected chi connectivity index (χ2v) is 8.83. The first-order chi connectivity index (χ1) is 16.4. The number of carbonyl (C=O) groups is 1. The molecule has 1 aromatic carbocycles. The normalized spacial score (nSPS) is 12.3. The third-order valence-electron chi connectivity index (χ3n) is 5.40. The van der Waals surface area contributed by atoms with E-state index in [-0.39, 0.29) is 5.69 Å². The van der Waals surface area contributed by atoms with Gasteiger partial charge in [0.05, 0.1) is 22.5 Å². The van der Waals surface area contributed by atoms with Crippen molar-refractivity contribution in [3.8, 4) is 11.3 Å². The smallest absolute Gasteiger partial charge is 0.390 e. The first-order valence-electron chi connectivity index (χ1n) is 11.1. The maximum Gasteiger partial charge on any atom is 0.433 e. The molecule has 3 aromatic heterocycles. The lowest BCUT2D eigenvalue weighted by Gasteiger charge is -2.16. The lowest BCUT2D eigenvalue weighted by Crippen LogP contribution is -2.21. The molecule has 0 atom stereocenters. The van der Waals surface area contributed by atoms with Crippen molar-refractivity contribution < 1.29 is 23.1 Å². The van der Waals surface area contributed by atoms with Gasteiger partial charge in [0, 0.05) is 36.4 Å². The SMILES string of the molecule is CCn1ccc(-c2cc3nn(CCC(C)(C)O)cc3cc2NC(=O)c2cccc(C(F)(F)F)n2)n1. The molecule has 3 heterocycles. The first-order valence-corrected chi connectivity index (χ1v) is 11.1. The van der Waals surface area contributed by atoms with Crippen molar-refractivity contribution in [2.45, 2.75) is 52.1 Å². The second-order valence-electron chi connectivity index (χ2n) is 8.83. The van der Waals surface area contributed by atoms with E-state index in [0.29, 0.717) is 47.4 Å². The number of pyridine rings is 1. The molecular formula is C24H25F3N6O2. The largest absolute Gasteiger partial charge is 0.433 e. The number of halogens is 3. The third-order valence-corrected chi connectivity index (χ3v) is 5.40. The summed E-state index contributed by atoms with van der Waals surface area (Å²) >= 11 is 0. The van der Waals surface area contributed by atoms with Gasteiger partial charge in [-0.2, -0.15) is 23.4 Å². The minimum absolute atomic E-state index is 0.356. The molecule has 0 bridgehead atoms. The van der Waals surface area contributed by atoms with Crippen LogP contribution in [0.15, 0.2) is 48.8 Å². The van der Waals surface area contributed by atoms with E-state index in [2.05, 4.69) is 20.5 Å². The Morgan fingerprint density at radius 2 is 1.89 bits per heavy atom. The van der Waals surface area contributed by atoms with Crippen molar-refractivity contribution in [1.29, 1.82) is 0 Å². The van der Waals surface area contributed by atoms with E-state index in [9.17, 15) is 23.1 Å². The highest BCUT2D eigenvalue weighted by molar-refractivity contribution is 6.06. The summed E-state index contributed by atoms with van der Waals surface area (Å²) in [4.78, 5) is 16.4. The number of nitrogens with zero attached hydrogens (tertiary/aromatic N) is 5. The fourth-order valence-corrected chi connectivity index (χ4v) is 3.53. The van der Waals surface area contributed by atoms with E-state index >= 15 is 0 Å². The molecule has 0 radical (unpaired) electrons. The number of amides is 1. The maximum absolute atomic E-state index is 13.1. The standard InChI is InChI=1S/C24H25F3N6O2/c1-4-32-10-8-17(30-32)16-13-19-15(14-33(31-19)11-9-23(2,3)35)12-20(16)29-22(34)18-6-5-7-21(28-18)24(25,26)27/h5-8,10,12-14,35H,4,9,11H2,1-3H3,(H,29,34). The highest BCUT2D eigenvalue weighted by atomic mass is 19.4. The average Bonchev–Trinajstić information content (AvgIpc) is 3.42. The Morgan fingerprint density at radius 3 is 2.54 bits per heavy atom. The second kappa shape index (κ2) is 9.14. The number of hydrogen-bond donors (Lipinski definition) is 2. The van der Waals surface area contributed by atoms with E-state index in [4.69, 9.17) is 0 Å². The zero-order chi connectivity index (χ0) is 25.4. The fourth-order valence-electron chi connectivity index (χ4n) is 3.53. The highest BCUT2D eigenvalue weighted by Gasteiger charge is 2.33. The molecule has 0 unspecified atom stereocenters. The molecule has 0 aliphatic heterocycles. The van der Waals surface area contributed by atoms with Gasteiger partial charge in [0.15, 0.2) is 0 Å². The van der Waals surface area contributed by atoms with E-state index in [0.717, 1.165) is 12.1 Å². The van der Waals surface area contributed by atoms with Crippen LogP contribution in [0.4, 0.5) is 18.9 Å². The van der Waals surface area contributed by atoms with Crippen LogP contribution in [-0.4, -0.2) is 41.2 Å². The topological polar surface area (TPSA) is 97.9 Å². The summed E-state index contributed by atoms with van der Waals surface area (Å²) in [6.07, 6.45) is -0.597. The van der Waals surface area contributed by atoms with E-state index in [1.54, 1.807) is 53.8 Å². The lowest BCUT2D eigenvalue weighted by molar-refractivity contribution is -0.141. The number of aryl methyl sites for hydroxylation is 2. The van der Waals surface area contributed by atoms with Gasteiger partial charge in [-0.25, -0.2) is 4.98 Å². The molecule has 2 N–H and O–H groups in total.